The van der Waals surface area contributed by atoms with E-state index in [2.05, 4.69) is 10.1 Å². The number of urea groups is 1. The lowest BCUT2D eigenvalue weighted by Crippen LogP contribution is -2.40. The van der Waals surface area contributed by atoms with Gasteiger partial charge in [0.15, 0.2) is 5.65 Å². The molecule has 3 heterocycles. The number of amides is 2. The Morgan fingerprint density at radius 2 is 2.28 bits per heavy atom. The summed E-state index contributed by atoms with van der Waals surface area (Å²) in [6, 6.07) is -1.77. The molecule has 3 rings (SSSR count). The molecule has 0 bridgehead atoms. The number of hydrogen-bond donors (Lipinski definition) is 2. The minimum absolute atomic E-state index is 0.0281. The number of nitrogens with two attached hydrogens (primary N) is 1. The molecule has 3 N–H and O–H groups in total. The van der Waals surface area contributed by atoms with Crippen LogP contribution in [0.4, 0.5) is 18.0 Å². The summed E-state index contributed by atoms with van der Waals surface area (Å²) in [5.41, 5.74) is 7.19. The van der Waals surface area contributed by atoms with E-state index in [1.54, 1.807) is 12.3 Å². The van der Waals surface area contributed by atoms with Crippen molar-refractivity contribution in [1.29, 1.82) is 0 Å². The lowest BCUT2D eigenvalue weighted by atomic mass is 10.1. The molecule has 2 aromatic heterocycles. The summed E-state index contributed by atoms with van der Waals surface area (Å²) in [6.07, 6.45) is -1.37. The molecule has 2 unspecified atom stereocenters. The third-order valence-electron chi connectivity index (χ3n) is 4.02. The molecule has 2 atom stereocenters. The van der Waals surface area contributed by atoms with Gasteiger partial charge in [0.2, 0.25) is 0 Å². The molecule has 0 aliphatic carbocycles. The molecule has 1 aliphatic rings. The highest BCUT2D eigenvalue weighted by Gasteiger charge is 2.48. The molecule has 0 radical (unpaired) electrons. The highest BCUT2D eigenvalue weighted by Crippen LogP contribution is 2.30. The second-order valence-corrected chi connectivity index (χ2v) is 5.70. The second-order valence-electron chi connectivity index (χ2n) is 5.70. The zero-order valence-corrected chi connectivity index (χ0v) is 13.3. The highest BCUT2D eigenvalue weighted by molar-refractivity contribution is 5.77. The lowest BCUT2D eigenvalue weighted by Gasteiger charge is -2.26. The first-order chi connectivity index (χ1) is 11.8. The van der Waals surface area contributed by atoms with E-state index in [0.717, 1.165) is 4.90 Å². The van der Waals surface area contributed by atoms with Crippen molar-refractivity contribution in [1.82, 2.24) is 24.8 Å². The lowest BCUT2D eigenvalue weighted by molar-refractivity contribution is -0.150. The van der Waals surface area contributed by atoms with E-state index >= 15 is 0 Å². The predicted molar refractivity (Wildman–Crippen MR) is 80.6 cm³/mol. The van der Waals surface area contributed by atoms with Gasteiger partial charge in [-0.25, -0.2) is 14.3 Å². The number of alkyl halides is 3. The fourth-order valence-corrected chi connectivity index (χ4v) is 2.76. The number of fused-ring (bicyclic) bond motifs is 1. The Balaban J connectivity index is 1.92. The number of imidazole rings is 1. The van der Waals surface area contributed by atoms with Crippen molar-refractivity contribution >= 4 is 11.7 Å². The van der Waals surface area contributed by atoms with Crippen LogP contribution in [-0.4, -0.2) is 58.0 Å². The summed E-state index contributed by atoms with van der Waals surface area (Å²) in [5.74, 6) is 0. The van der Waals surface area contributed by atoms with Gasteiger partial charge < -0.3 is 20.7 Å². The van der Waals surface area contributed by atoms with Crippen LogP contribution in [0.2, 0.25) is 0 Å². The van der Waals surface area contributed by atoms with Gasteiger partial charge in [0.25, 0.3) is 0 Å². The molecule has 136 valence electrons. The van der Waals surface area contributed by atoms with Crippen LogP contribution in [0.25, 0.3) is 5.65 Å². The molecule has 25 heavy (non-hydrogen) atoms. The van der Waals surface area contributed by atoms with E-state index < -0.39 is 30.8 Å². The van der Waals surface area contributed by atoms with Crippen molar-refractivity contribution < 1.29 is 22.7 Å². The Hall–Kier alpha value is -2.40. The average Bonchev–Trinajstić information content (AvgIpc) is 3.14. The maximum Gasteiger partial charge on any atom is 0.410 e. The quantitative estimate of drug-likeness (QED) is 0.825. The molecule has 11 heteroatoms. The molecule has 1 fully saturated rings. The van der Waals surface area contributed by atoms with Crippen molar-refractivity contribution in [2.75, 3.05) is 20.3 Å². The van der Waals surface area contributed by atoms with E-state index in [1.807, 2.05) is 5.32 Å². The minimum atomic E-state index is -4.51. The van der Waals surface area contributed by atoms with Crippen molar-refractivity contribution in [2.24, 2.45) is 5.73 Å². The van der Waals surface area contributed by atoms with E-state index in [1.165, 1.54) is 17.8 Å². The van der Waals surface area contributed by atoms with E-state index in [0.29, 0.717) is 16.9 Å². The largest absolute Gasteiger partial charge is 0.410 e. The van der Waals surface area contributed by atoms with Crippen LogP contribution in [0.5, 0.6) is 0 Å². The maximum atomic E-state index is 12.9. The number of rotatable bonds is 5. The smallest absolute Gasteiger partial charge is 0.382 e. The number of nitrogens with zero attached hydrogens (tertiary/aromatic N) is 4. The molecular weight excluding hydrogens is 341 g/mol. The molecular formula is C14H17F3N6O2. The van der Waals surface area contributed by atoms with Gasteiger partial charge >= 0.3 is 12.2 Å². The topological polar surface area (TPSA) is 97.8 Å². The highest BCUT2D eigenvalue weighted by atomic mass is 19.4. The third-order valence-corrected chi connectivity index (χ3v) is 4.02. The average molecular weight is 358 g/mol. The summed E-state index contributed by atoms with van der Waals surface area (Å²) in [5, 5.41) is 6.13. The van der Waals surface area contributed by atoms with Gasteiger partial charge in [-0.2, -0.15) is 18.3 Å². The normalized spacial score (nSPS) is 19.5. The summed E-state index contributed by atoms with van der Waals surface area (Å²) in [6.45, 7) is -0.230. The first-order valence-electron chi connectivity index (χ1n) is 7.50. The number of ether oxygens (including phenoxy) is 1. The van der Waals surface area contributed by atoms with Gasteiger partial charge in [0.05, 0.1) is 37.3 Å². The molecule has 0 aromatic carbocycles. The van der Waals surface area contributed by atoms with Crippen LogP contribution in [0.15, 0.2) is 18.5 Å². The van der Waals surface area contributed by atoms with Crippen LogP contribution in [0.3, 0.4) is 0 Å². The molecule has 8 nitrogen and oxygen atoms in total. The summed E-state index contributed by atoms with van der Waals surface area (Å²) >= 11 is 0. The Bertz CT molecular complexity index is 778. The molecule has 1 saturated heterocycles. The van der Waals surface area contributed by atoms with E-state index in [-0.39, 0.29) is 13.2 Å². The zero-order chi connectivity index (χ0) is 18.2. The summed E-state index contributed by atoms with van der Waals surface area (Å²) in [7, 11) is 1.41. The number of halogens is 3. The first kappa shape index (κ1) is 17.4. The van der Waals surface area contributed by atoms with Crippen molar-refractivity contribution in [3.05, 3.63) is 29.7 Å². The van der Waals surface area contributed by atoms with Gasteiger partial charge in [-0.3, -0.25) is 0 Å². The van der Waals surface area contributed by atoms with Gasteiger partial charge in [0, 0.05) is 19.2 Å². The molecule has 2 amide bonds. The van der Waals surface area contributed by atoms with Crippen molar-refractivity contribution in [3.63, 3.8) is 0 Å². The number of carbonyl (C=O) groups is 1. The second kappa shape index (κ2) is 6.48. The molecule has 2 aromatic rings. The van der Waals surface area contributed by atoms with E-state index in [4.69, 9.17) is 10.5 Å². The zero-order valence-electron chi connectivity index (χ0n) is 13.3. The monoisotopic (exact) mass is 358 g/mol. The standard InChI is InChI=1S/C14H17F3N6O2/c1-25-7-10(22-6-11(14(15,16)17)21-13(22)24)8-2-12-20-9(3-18)5-23(12)19-4-8/h2,4-5,10-11H,3,6-7,18H2,1H3,(H,21,24). The third kappa shape index (κ3) is 3.37. The SMILES string of the molecule is COCC(c1cnn2cc(CN)nc2c1)N1CC(C(F)(F)F)NC1=O. The number of nitrogens with one attached hydrogen (secondary N) is 1. The van der Waals surface area contributed by atoms with Gasteiger partial charge in [0.1, 0.15) is 6.04 Å². The predicted octanol–water partition coefficient (Wildman–Crippen LogP) is 0.832. The minimum Gasteiger partial charge on any atom is -0.382 e. The van der Waals surface area contributed by atoms with Crippen molar-refractivity contribution in [3.8, 4) is 0 Å². The van der Waals surface area contributed by atoms with E-state index in [9.17, 15) is 18.0 Å². The van der Waals surface area contributed by atoms with Gasteiger partial charge in [-0.05, 0) is 6.07 Å². The van der Waals surface area contributed by atoms with Crippen LogP contribution in [0.1, 0.15) is 17.3 Å². The number of aromatic nitrogens is 3. The Morgan fingerprint density at radius 1 is 1.52 bits per heavy atom. The summed E-state index contributed by atoms with van der Waals surface area (Å²) < 4.78 is 45.3. The summed E-state index contributed by atoms with van der Waals surface area (Å²) in [4.78, 5) is 17.4. The molecule has 1 aliphatic heterocycles. The molecule has 0 saturated carbocycles. The van der Waals surface area contributed by atoms with Gasteiger partial charge in [-0.15, -0.1) is 0 Å². The van der Waals surface area contributed by atoms with Crippen molar-refractivity contribution in [2.45, 2.75) is 24.8 Å². The maximum absolute atomic E-state index is 12.9. The van der Waals surface area contributed by atoms with Crippen LogP contribution in [0, 0.1) is 0 Å². The molecule has 0 spiro atoms. The number of methoxy groups -OCH3 is 1. The number of carbonyl (C=O) groups excluding carboxylic acids is 1. The fraction of sp³-hybridized carbons (Fsp3) is 0.500. The first-order valence-corrected chi connectivity index (χ1v) is 7.50. The van der Waals surface area contributed by atoms with Crippen LogP contribution >= 0.6 is 0 Å². The Morgan fingerprint density at radius 3 is 2.88 bits per heavy atom. The van der Waals surface area contributed by atoms with Crippen LogP contribution < -0.4 is 11.1 Å². The fourth-order valence-electron chi connectivity index (χ4n) is 2.76. The Labute approximate surface area is 140 Å². The van der Waals surface area contributed by atoms with Gasteiger partial charge in [-0.1, -0.05) is 0 Å². The Kier molecular flexibility index (Phi) is 4.52. The van der Waals surface area contributed by atoms with Crippen LogP contribution in [-0.2, 0) is 11.3 Å². The number of hydrogen-bond acceptors (Lipinski definition) is 5.